The molecular formula is C17H18ClN3O4S. The summed E-state index contributed by atoms with van der Waals surface area (Å²) in [6, 6.07) is 10.5. The van der Waals surface area contributed by atoms with Crippen LogP contribution in [-0.2, 0) is 10.0 Å². The summed E-state index contributed by atoms with van der Waals surface area (Å²) < 4.78 is 28.0. The summed E-state index contributed by atoms with van der Waals surface area (Å²) in [6.45, 7) is 2.84. The van der Waals surface area contributed by atoms with E-state index in [0.717, 1.165) is 11.6 Å². The molecule has 26 heavy (non-hydrogen) atoms. The third-order valence-electron chi connectivity index (χ3n) is 4.40. The lowest BCUT2D eigenvalue weighted by molar-refractivity contribution is -0.385. The molecule has 1 saturated heterocycles. The van der Waals surface area contributed by atoms with Crippen LogP contribution >= 0.6 is 11.6 Å². The molecule has 3 rings (SSSR count). The maximum absolute atomic E-state index is 13.3. The number of nitrogens with zero attached hydrogens (tertiary/aromatic N) is 2. The first-order valence-electron chi connectivity index (χ1n) is 8.04. The molecule has 1 aliphatic heterocycles. The number of nitrogens with one attached hydrogen (secondary N) is 1. The Morgan fingerprint density at radius 2 is 2.04 bits per heavy atom. The van der Waals surface area contributed by atoms with Crippen molar-refractivity contribution in [3.05, 3.63) is 68.7 Å². The Morgan fingerprint density at radius 1 is 1.27 bits per heavy atom. The molecule has 0 saturated carbocycles. The number of nitro groups is 1. The maximum Gasteiger partial charge on any atom is 0.270 e. The molecule has 1 heterocycles. The van der Waals surface area contributed by atoms with Crippen LogP contribution in [0.25, 0.3) is 0 Å². The minimum atomic E-state index is -3.91. The molecule has 2 aromatic carbocycles. The highest BCUT2D eigenvalue weighted by Crippen LogP contribution is 2.32. The summed E-state index contributed by atoms with van der Waals surface area (Å²) in [5.41, 5.74) is 0.999. The summed E-state index contributed by atoms with van der Waals surface area (Å²) >= 11 is 6.06. The number of piperazine rings is 1. The normalized spacial score (nSPS) is 18.6. The molecule has 0 aromatic heterocycles. The Bertz CT molecular complexity index is 949. The number of hydrogen-bond acceptors (Lipinski definition) is 5. The zero-order chi connectivity index (χ0) is 18.9. The Labute approximate surface area is 156 Å². The second-order valence-corrected chi connectivity index (χ2v) is 8.39. The molecule has 9 heteroatoms. The number of sulfonamides is 1. The summed E-state index contributed by atoms with van der Waals surface area (Å²) in [6.07, 6.45) is 0. The van der Waals surface area contributed by atoms with Crippen LogP contribution in [0.4, 0.5) is 5.69 Å². The van der Waals surface area contributed by atoms with Gasteiger partial charge in [-0.25, -0.2) is 8.42 Å². The van der Waals surface area contributed by atoms with Crippen molar-refractivity contribution >= 4 is 27.3 Å². The SMILES string of the molecule is Cc1ccc([N+](=O)[O-])cc1S(=O)(=O)N1CCNCC1c1cccc(Cl)c1. The van der Waals surface area contributed by atoms with Crippen LogP contribution in [0.15, 0.2) is 47.4 Å². The van der Waals surface area contributed by atoms with Crippen LogP contribution in [0.1, 0.15) is 17.2 Å². The molecule has 0 aliphatic carbocycles. The van der Waals surface area contributed by atoms with Gasteiger partial charge in [0.2, 0.25) is 10.0 Å². The van der Waals surface area contributed by atoms with E-state index >= 15 is 0 Å². The van der Waals surface area contributed by atoms with E-state index in [1.54, 1.807) is 25.1 Å². The zero-order valence-electron chi connectivity index (χ0n) is 14.1. The number of benzene rings is 2. The first kappa shape index (κ1) is 18.8. The van der Waals surface area contributed by atoms with Gasteiger partial charge < -0.3 is 5.32 Å². The fourth-order valence-electron chi connectivity index (χ4n) is 3.08. The number of nitro benzene ring substituents is 1. The first-order valence-corrected chi connectivity index (χ1v) is 9.85. The van der Waals surface area contributed by atoms with Crippen LogP contribution in [0.3, 0.4) is 0 Å². The number of rotatable bonds is 4. The van der Waals surface area contributed by atoms with Gasteiger partial charge in [0.15, 0.2) is 0 Å². The highest BCUT2D eigenvalue weighted by Gasteiger charge is 2.36. The molecule has 7 nitrogen and oxygen atoms in total. The quantitative estimate of drug-likeness (QED) is 0.634. The van der Waals surface area contributed by atoms with Crippen LogP contribution in [0, 0.1) is 17.0 Å². The number of aryl methyl sites for hydroxylation is 1. The Kier molecular flexibility index (Phi) is 5.29. The van der Waals surface area contributed by atoms with E-state index in [4.69, 9.17) is 11.6 Å². The average Bonchev–Trinajstić information content (AvgIpc) is 2.61. The van der Waals surface area contributed by atoms with E-state index in [-0.39, 0.29) is 17.1 Å². The summed E-state index contributed by atoms with van der Waals surface area (Å²) in [5.74, 6) is 0. The Morgan fingerprint density at radius 3 is 2.73 bits per heavy atom. The maximum atomic E-state index is 13.3. The fourth-order valence-corrected chi connectivity index (χ4v) is 5.14. The van der Waals surface area contributed by atoms with Crippen molar-refractivity contribution < 1.29 is 13.3 Å². The standard InChI is InChI=1S/C17H18ClN3O4S/c1-12-5-6-15(21(22)23)10-17(12)26(24,25)20-8-7-19-11-16(20)13-3-2-4-14(18)9-13/h2-6,9-10,16,19H,7-8,11H2,1H3. The predicted octanol–water partition coefficient (Wildman–Crippen LogP) is 2.89. The molecule has 1 atom stereocenters. The monoisotopic (exact) mass is 395 g/mol. The molecular weight excluding hydrogens is 378 g/mol. The lowest BCUT2D eigenvalue weighted by Crippen LogP contribution is -2.48. The Hall–Kier alpha value is -2.00. The molecule has 1 unspecified atom stereocenters. The molecule has 1 aliphatic rings. The van der Waals surface area contributed by atoms with E-state index in [1.807, 2.05) is 6.07 Å². The average molecular weight is 396 g/mol. The molecule has 0 amide bonds. The third kappa shape index (κ3) is 3.59. The van der Waals surface area contributed by atoms with Gasteiger partial charge in [0.25, 0.3) is 5.69 Å². The van der Waals surface area contributed by atoms with Gasteiger partial charge in [0, 0.05) is 36.8 Å². The molecule has 138 valence electrons. The van der Waals surface area contributed by atoms with Crippen molar-refractivity contribution in [2.75, 3.05) is 19.6 Å². The van der Waals surface area contributed by atoms with Gasteiger partial charge in [-0.15, -0.1) is 0 Å². The van der Waals surface area contributed by atoms with Crippen molar-refractivity contribution in [2.24, 2.45) is 0 Å². The van der Waals surface area contributed by atoms with Crippen molar-refractivity contribution in [1.29, 1.82) is 0 Å². The molecule has 0 spiro atoms. The molecule has 1 fully saturated rings. The predicted molar refractivity (Wildman–Crippen MR) is 98.8 cm³/mol. The second kappa shape index (κ2) is 7.32. The smallest absolute Gasteiger partial charge is 0.270 e. The molecule has 2 aromatic rings. The van der Waals surface area contributed by atoms with Crippen LogP contribution < -0.4 is 5.32 Å². The van der Waals surface area contributed by atoms with Crippen molar-refractivity contribution in [3.63, 3.8) is 0 Å². The number of halogens is 1. The van der Waals surface area contributed by atoms with Gasteiger partial charge in [0.05, 0.1) is 15.9 Å². The molecule has 1 N–H and O–H groups in total. The number of hydrogen-bond donors (Lipinski definition) is 1. The highest BCUT2D eigenvalue weighted by atomic mass is 35.5. The highest BCUT2D eigenvalue weighted by molar-refractivity contribution is 7.89. The van der Waals surface area contributed by atoms with Crippen molar-refractivity contribution in [3.8, 4) is 0 Å². The summed E-state index contributed by atoms with van der Waals surface area (Å²) in [4.78, 5) is 10.4. The van der Waals surface area contributed by atoms with Crippen molar-refractivity contribution in [2.45, 2.75) is 17.9 Å². The minimum absolute atomic E-state index is 0.0411. The Balaban J connectivity index is 2.07. The summed E-state index contributed by atoms with van der Waals surface area (Å²) in [5, 5.41) is 14.8. The lowest BCUT2D eigenvalue weighted by Gasteiger charge is -2.35. The van der Waals surface area contributed by atoms with Crippen LogP contribution in [0.2, 0.25) is 5.02 Å². The van der Waals surface area contributed by atoms with Gasteiger partial charge >= 0.3 is 0 Å². The zero-order valence-corrected chi connectivity index (χ0v) is 15.6. The van der Waals surface area contributed by atoms with Gasteiger partial charge in [-0.1, -0.05) is 29.8 Å². The van der Waals surface area contributed by atoms with E-state index in [9.17, 15) is 18.5 Å². The van der Waals surface area contributed by atoms with Crippen LogP contribution in [0.5, 0.6) is 0 Å². The van der Waals surface area contributed by atoms with Crippen molar-refractivity contribution in [1.82, 2.24) is 9.62 Å². The van der Waals surface area contributed by atoms with Gasteiger partial charge in [-0.05, 0) is 30.2 Å². The van der Waals surface area contributed by atoms with E-state index in [1.165, 1.54) is 16.4 Å². The van der Waals surface area contributed by atoms with E-state index in [0.29, 0.717) is 23.7 Å². The minimum Gasteiger partial charge on any atom is -0.313 e. The van der Waals surface area contributed by atoms with E-state index < -0.39 is 21.0 Å². The molecule has 0 radical (unpaired) electrons. The fraction of sp³-hybridized carbons (Fsp3) is 0.294. The number of non-ortho nitro benzene ring substituents is 1. The largest absolute Gasteiger partial charge is 0.313 e. The molecule has 0 bridgehead atoms. The van der Waals surface area contributed by atoms with Gasteiger partial charge in [0.1, 0.15) is 0 Å². The first-order chi connectivity index (χ1) is 12.3. The lowest BCUT2D eigenvalue weighted by atomic mass is 10.1. The third-order valence-corrected chi connectivity index (χ3v) is 6.68. The second-order valence-electron chi connectivity index (χ2n) is 6.10. The van der Waals surface area contributed by atoms with E-state index in [2.05, 4.69) is 5.32 Å². The topological polar surface area (TPSA) is 92.5 Å². The van der Waals surface area contributed by atoms with Gasteiger partial charge in [-0.3, -0.25) is 10.1 Å². The van der Waals surface area contributed by atoms with Gasteiger partial charge in [-0.2, -0.15) is 4.31 Å². The summed E-state index contributed by atoms with van der Waals surface area (Å²) in [7, 11) is -3.91. The van der Waals surface area contributed by atoms with Crippen LogP contribution in [-0.4, -0.2) is 37.3 Å².